The minimum atomic E-state index is -4.73. The van der Waals surface area contributed by atoms with E-state index in [-0.39, 0.29) is 29.1 Å². The lowest BCUT2D eigenvalue weighted by atomic mass is 10.0. The van der Waals surface area contributed by atoms with E-state index in [0.717, 1.165) is 41.2 Å². The number of benzene rings is 1. The van der Waals surface area contributed by atoms with Crippen molar-refractivity contribution in [3.63, 3.8) is 0 Å². The summed E-state index contributed by atoms with van der Waals surface area (Å²) >= 11 is 0. The molecule has 0 saturated carbocycles. The number of fused-ring (bicyclic) bond motifs is 1. The topological polar surface area (TPSA) is 64.8 Å². The van der Waals surface area contributed by atoms with Gasteiger partial charge in [0.15, 0.2) is 15.7 Å². The lowest BCUT2D eigenvalue weighted by Gasteiger charge is -2.14. The Morgan fingerprint density at radius 2 is 1.57 bits per heavy atom. The zero-order chi connectivity index (χ0) is 27.3. The summed E-state index contributed by atoms with van der Waals surface area (Å²) in [4.78, 5) is 7.46. The Hall–Kier alpha value is -3.48. The molecule has 3 heterocycles. The summed E-state index contributed by atoms with van der Waals surface area (Å²) in [5, 5.41) is 0. The summed E-state index contributed by atoms with van der Waals surface area (Å²) in [6.45, 7) is 2.77. The largest absolute Gasteiger partial charge is 0.417 e. The molecule has 0 N–H and O–H groups in total. The number of aryl methyl sites for hydroxylation is 1. The van der Waals surface area contributed by atoms with Gasteiger partial charge in [-0.25, -0.2) is 17.8 Å². The summed E-state index contributed by atoms with van der Waals surface area (Å²) in [7, 11) is -4.13. The third-order valence-electron chi connectivity index (χ3n) is 5.75. The number of aromatic nitrogens is 3. The lowest BCUT2D eigenvalue weighted by Crippen LogP contribution is -2.11. The highest BCUT2D eigenvalue weighted by molar-refractivity contribution is 7.91. The Morgan fingerprint density at radius 1 is 0.892 bits per heavy atom. The van der Waals surface area contributed by atoms with Crippen LogP contribution in [0, 0.1) is 5.82 Å². The van der Waals surface area contributed by atoms with Crippen molar-refractivity contribution in [3.8, 4) is 33.9 Å². The minimum Gasteiger partial charge on any atom is -0.343 e. The molecule has 37 heavy (non-hydrogen) atoms. The standard InChI is InChI=1S/C24H18F7N3O2S/c1-3-34-12-16(24(29,30)31)10-17-22(34)19(25)21(33-17)20-18(37(35,36)4-2)9-14(11-32-20)13-6-5-7-15(8-13)23(26,27)28/h5-12H,3-4H2,1-2H3. The van der Waals surface area contributed by atoms with Crippen LogP contribution in [0.3, 0.4) is 0 Å². The van der Waals surface area contributed by atoms with Gasteiger partial charge in [-0.05, 0) is 36.8 Å². The van der Waals surface area contributed by atoms with E-state index in [1.807, 2.05) is 0 Å². The van der Waals surface area contributed by atoms with Crippen LogP contribution in [0.4, 0.5) is 30.7 Å². The first-order valence-electron chi connectivity index (χ1n) is 10.8. The Balaban J connectivity index is 1.97. The van der Waals surface area contributed by atoms with E-state index in [9.17, 15) is 34.8 Å². The van der Waals surface area contributed by atoms with Gasteiger partial charge in [0, 0.05) is 24.5 Å². The number of rotatable bonds is 5. The molecule has 0 spiro atoms. The highest BCUT2D eigenvalue weighted by Crippen LogP contribution is 2.40. The SMILES string of the molecule is CCn1cc(C(F)(F)F)cc2nc(-c3ncc(-c4cccc(C(F)(F)F)c4)cc3S(=O)(=O)CC)c(F)c1-2. The van der Waals surface area contributed by atoms with Crippen molar-refractivity contribution in [2.75, 3.05) is 5.75 Å². The quantitative estimate of drug-likeness (QED) is 0.262. The van der Waals surface area contributed by atoms with Crippen LogP contribution >= 0.6 is 0 Å². The Bertz CT molecular complexity index is 1560. The highest BCUT2D eigenvalue weighted by atomic mass is 32.2. The van der Waals surface area contributed by atoms with E-state index in [0.29, 0.717) is 6.07 Å². The first kappa shape index (κ1) is 26.6. The molecular formula is C24H18F7N3O2S. The maximum Gasteiger partial charge on any atom is 0.417 e. The molecule has 0 aliphatic carbocycles. The second kappa shape index (κ2) is 9.12. The molecular weight excluding hydrogens is 527 g/mol. The third kappa shape index (κ3) is 4.91. The van der Waals surface area contributed by atoms with Crippen molar-refractivity contribution in [1.82, 2.24) is 14.5 Å². The molecule has 2 aliphatic heterocycles. The molecule has 196 valence electrons. The van der Waals surface area contributed by atoms with Gasteiger partial charge in [0.2, 0.25) is 0 Å². The van der Waals surface area contributed by atoms with E-state index in [2.05, 4.69) is 9.97 Å². The van der Waals surface area contributed by atoms with Crippen molar-refractivity contribution in [1.29, 1.82) is 0 Å². The molecule has 0 radical (unpaired) electrons. The fourth-order valence-corrected chi connectivity index (χ4v) is 4.91. The van der Waals surface area contributed by atoms with Crippen LogP contribution in [0.2, 0.25) is 0 Å². The van der Waals surface area contributed by atoms with Crippen LogP contribution in [0.25, 0.3) is 33.9 Å². The third-order valence-corrected chi connectivity index (χ3v) is 7.49. The second-order valence-electron chi connectivity index (χ2n) is 8.07. The number of halogens is 7. The smallest absolute Gasteiger partial charge is 0.343 e. The molecule has 1 aromatic heterocycles. The molecule has 0 unspecified atom stereocenters. The van der Waals surface area contributed by atoms with Crippen LogP contribution < -0.4 is 0 Å². The van der Waals surface area contributed by atoms with Gasteiger partial charge in [0.1, 0.15) is 17.1 Å². The van der Waals surface area contributed by atoms with Crippen LogP contribution in [-0.2, 0) is 28.7 Å². The van der Waals surface area contributed by atoms with Gasteiger partial charge < -0.3 is 4.57 Å². The van der Waals surface area contributed by atoms with Gasteiger partial charge in [0.25, 0.3) is 0 Å². The summed E-state index contributed by atoms with van der Waals surface area (Å²) in [5.74, 6) is -1.53. The van der Waals surface area contributed by atoms with E-state index in [1.54, 1.807) is 0 Å². The number of nitrogens with zero attached hydrogens (tertiary/aromatic N) is 3. The van der Waals surface area contributed by atoms with Crippen molar-refractivity contribution in [2.24, 2.45) is 0 Å². The van der Waals surface area contributed by atoms with Gasteiger partial charge in [-0.1, -0.05) is 19.1 Å². The maximum atomic E-state index is 15.5. The number of pyridine rings is 2. The zero-order valence-electron chi connectivity index (χ0n) is 19.2. The van der Waals surface area contributed by atoms with E-state index in [4.69, 9.17) is 0 Å². The van der Waals surface area contributed by atoms with Crippen LogP contribution in [0.1, 0.15) is 25.0 Å². The maximum absolute atomic E-state index is 15.5. The molecule has 13 heteroatoms. The Kier molecular flexibility index (Phi) is 6.55. The predicted molar refractivity (Wildman–Crippen MR) is 121 cm³/mol. The number of sulfone groups is 1. The fourth-order valence-electron chi connectivity index (χ4n) is 3.85. The summed E-state index contributed by atoms with van der Waals surface area (Å²) in [6, 6.07) is 5.85. The molecule has 0 amide bonds. The first-order valence-corrected chi connectivity index (χ1v) is 12.5. The number of hydrogen-bond acceptors (Lipinski definition) is 4. The zero-order valence-corrected chi connectivity index (χ0v) is 20.1. The van der Waals surface area contributed by atoms with Gasteiger partial charge in [0.05, 0.1) is 27.5 Å². The Labute approximate surface area is 206 Å². The molecule has 2 aliphatic rings. The van der Waals surface area contributed by atoms with Crippen LogP contribution in [0.15, 0.2) is 53.7 Å². The Morgan fingerprint density at radius 3 is 2.16 bits per heavy atom. The predicted octanol–water partition coefficient (Wildman–Crippen LogP) is 6.71. The van der Waals surface area contributed by atoms with Gasteiger partial charge in [-0.15, -0.1) is 0 Å². The van der Waals surface area contributed by atoms with Crippen molar-refractivity contribution in [3.05, 3.63) is 65.7 Å². The molecule has 5 nitrogen and oxygen atoms in total. The summed E-state index contributed by atoms with van der Waals surface area (Å²) in [6.07, 6.45) is -7.59. The van der Waals surface area contributed by atoms with Crippen molar-refractivity contribution < 1.29 is 39.2 Å². The van der Waals surface area contributed by atoms with E-state index < -0.39 is 61.2 Å². The lowest BCUT2D eigenvalue weighted by molar-refractivity contribution is -0.138. The van der Waals surface area contributed by atoms with Gasteiger partial charge in [-0.2, -0.15) is 26.3 Å². The summed E-state index contributed by atoms with van der Waals surface area (Å²) in [5.41, 5.74) is -3.67. The molecule has 0 saturated heterocycles. The van der Waals surface area contributed by atoms with Crippen molar-refractivity contribution >= 4 is 9.84 Å². The molecule has 2 aromatic rings. The number of hydrogen-bond donors (Lipinski definition) is 0. The van der Waals surface area contributed by atoms with E-state index >= 15 is 4.39 Å². The number of alkyl halides is 6. The average Bonchev–Trinajstić information content (AvgIpc) is 3.18. The van der Waals surface area contributed by atoms with Crippen molar-refractivity contribution in [2.45, 2.75) is 37.6 Å². The van der Waals surface area contributed by atoms with Gasteiger partial charge >= 0.3 is 12.4 Å². The summed E-state index contributed by atoms with van der Waals surface area (Å²) < 4.78 is 122. The average molecular weight is 545 g/mol. The fraction of sp³-hybridized carbons (Fsp3) is 0.250. The highest BCUT2D eigenvalue weighted by Gasteiger charge is 2.35. The van der Waals surface area contributed by atoms with Gasteiger partial charge in [-0.3, -0.25) is 4.98 Å². The monoisotopic (exact) mass is 545 g/mol. The second-order valence-corrected chi connectivity index (χ2v) is 10.3. The van der Waals surface area contributed by atoms with Crippen LogP contribution in [-0.4, -0.2) is 28.7 Å². The van der Waals surface area contributed by atoms with Crippen LogP contribution in [0.5, 0.6) is 0 Å². The molecule has 4 rings (SSSR count). The molecule has 1 aromatic carbocycles. The molecule has 0 bridgehead atoms. The molecule has 0 atom stereocenters. The normalized spacial score (nSPS) is 12.9. The minimum absolute atomic E-state index is 0.0150. The first-order chi connectivity index (χ1) is 17.2. The molecule has 0 fully saturated rings. The van der Waals surface area contributed by atoms with E-state index in [1.165, 1.54) is 19.9 Å².